The highest BCUT2D eigenvalue weighted by molar-refractivity contribution is 5.74. The van der Waals surface area contributed by atoms with Crippen LogP contribution in [0.3, 0.4) is 0 Å². The topological polar surface area (TPSA) is 24.3 Å². The van der Waals surface area contributed by atoms with Gasteiger partial charge in [0.25, 0.3) is 0 Å². The summed E-state index contributed by atoms with van der Waals surface area (Å²) in [6.45, 7) is 7.54. The zero-order valence-electron chi connectivity index (χ0n) is 19.0. The first-order valence-electron chi connectivity index (χ1n) is 11.9. The number of unbranched alkanes of at least 4 members (excludes halogenated alkanes) is 1. The van der Waals surface area contributed by atoms with E-state index in [0.29, 0.717) is 0 Å². The minimum Gasteiger partial charge on any atom is -0.331 e. The molecule has 0 aliphatic carbocycles. The molecule has 33 heavy (non-hydrogen) atoms. The Kier molecular flexibility index (Phi) is 6.79. The van der Waals surface area contributed by atoms with Gasteiger partial charge in [-0.2, -0.15) is 0 Å². The maximum absolute atomic E-state index is 13.3. The number of hydrogen-bond donors (Lipinski definition) is 0. The third kappa shape index (κ3) is 5.32. The van der Waals surface area contributed by atoms with Crippen molar-refractivity contribution in [3.63, 3.8) is 0 Å². The summed E-state index contributed by atoms with van der Waals surface area (Å²) in [7, 11) is 0. The van der Waals surface area contributed by atoms with Gasteiger partial charge in [0.15, 0.2) is 0 Å². The number of halogens is 1. The fourth-order valence-electron chi connectivity index (χ4n) is 4.79. The van der Waals surface area contributed by atoms with Crippen LogP contribution in [0.2, 0.25) is 0 Å². The van der Waals surface area contributed by atoms with Crippen molar-refractivity contribution in [3.8, 4) is 11.1 Å². The molecule has 0 saturated carbocycles. The Bertz CT molecular complexity index is 1180. The van der Waals surface area contributed by atoms with Gasteiger partial charge in [0.1, 0.15) is 5.82 Å². The average Bonchev–Trinajstić information content (AvgIpc) is 3.27. The van der Waals surface area contributed by atoms with Gasteiger partial charge in [0, 0.05) is 39.3 Å². The van der Waals surface area contributed by atoms with E-state index in [1.807, 2.05) is 24.5 Å². The monoisotopic (exact) mass is 442 g/mol. The van der Waals surface area contributed by atoms with E-state index < -0.39 is 0 Å². The summed E-state index contributed by atoms with van der Waals surface area (Å²) >= 11 is 0. The lowest BCUT2D eigenvalue weighted by Gasteiger charge is -2.35. The summed E-state index contributed by atoms with van der Waals surface area (Å²) in [6, 6.07) is 23.7. The van der Waals surface area contributed by atoms with E-state index in [1.54, 1.807) is 12.1 Å². The van der Waals surface area contributed by atoms with Crippen molar-refractivity contribution in [2.45, 2.75) is 25.9 Å². The van der Waals surface area contributed by atoms with E-state index in [1.165, 1.54) is 29.5 Å². The molecule has 0 amide bonds. The highest BCUT2D eigenvalue weighted by atomic mass is 19.1. The number of fused-ring (bicyclic) bond motifs is 1. The minimum atomic E-state index is -0.189. The lowest BCUT2D eigenvalue weighted by atomic mass is 9.99. The first-order valence-corrected chi connectivity index (χ1v) is 11.9. The van der Waals surface area contributed by atoms with Gasteiger partial charge in [-0.15, -0.1) is 0 Å². The lowest BCUT2D eigenvalue weighted by molar-refractivity contribution is 0.125. The molecule has 1 saturated heterocycles. The lowest BCUT2D eigenvalue weighted by Crippen LogP contribution is -2.46. The smallest absolute Gasteiger partial charge is 0.123 e. The van der Waals surface area contributed by atoms with E-state index in [4.69, 9.17) is 0 Å². The van der Waals surface area contributed by atoms with Gasteiger partial charge < -0.3 is 9.47 Å². The van der Waals surface area contributed by atoms with Crippen LogP contribution in [0.4, 0.5) is 4.39 Å². The predicted molar refractivity (Wildman–Crippen MR) is 133 cm³/mol. The summed E-state index contributed by atoms with van der Waals surface area (Å²) in [6.07, 6.45) is 4.35. The molecule has 1 fully saturated rings. The summed E-state index contributed by atoms with van der Waals surface area (Å²) < 4.78 is 15.6. The molecular formula is C28H31FN4. The molecule has 0 N–H and O–H groups in total. The Hall–Kier alpha value is -3.02. The van der Waals surface area contributed by atoms with Crippen LogP contribution in [0, 0.1) is 5.82 Å². The van der Waals surface area contributed by atoms with Crippen LogP contribution in [0.1, 0.15) is 18.4 Å². The van der Waals surface area contributed by atoms with Crippen LogP contribution in [-0.2, 0) is 13.1 Å². The first kappa shape index (κ1) is 21.8. The molecule has 0 bridgehead atoms. The zero-order chi connectivity index (χ0) is 22.5. The maximum atomic E-state index is 13.3. The molecule has 4 nitrogen and oxygen atoms in total. The Morgan fingerprint density at radius 1 is 0.727 bits per heavy atom. The second-order valence-corrected chi connectivity index (χ2v) is 8.92. The highest BCUT2D eigenvalue weighted by Gasteiger charge is 2.18. The van der Waals surface area contributed by atoms with Crippen LogP contribution in [0.15, 0.2) is 79.1 Å². The van der Waals surface area contributed by atoms with E-state index in [9.17, 15) is 4.39 Å². The number of nitrogens with zero attached hydrogens (tertiary/aromatic N) is 4. The standard InChI is InChI=1S/C28H31FN4/c29-25-13-11-23(12-14-25)26-8-2-1-7-24(26)21-32-19-17-31(18-20-32)15-5-6-16-33-22-30-27-9-3-4-10-28(27)33/h1-4,7-14,22H,5-6,15-21H2. The van der Waals surface area contributed by atoms with Gasteiger partial charge in [-0.1, -0.05) is 48.5 Å². The van der Waals surface area contributed by atoms with Gasteiger partial charge in [0.05, 0.1) is 17.4 Å². The second kappa shape index (κ2) is 10.3. The molecule has 5 rings (SSSR count). The molecule has 1 aliphatic heterocycles. The highest BCUT2D eigenvalue weighted by Crippen LogP contribution is 2.25. The average molecular weight is 443 g/mol. The molecule has 0 radical (unpaired) electrons. The largest absolute Gasteiger partial charge is 0.331 e. The molecule has 1 aromatic heterocycles. The van der Waals surface area contributed by atoms with Crippen LogP contribution in [-0.4, -0.2) is 52.1 Å². The van der Waals surface area contributed by atoms with Gasteiger partial charge in [-0.25, -0.2) is 9.37 Å². The van der Waals surface area contributed by atoms with E-state index >= 15 is 0 Å². The van der Waals surface area contributed by atoms with Crippen molar-refractivity contribution in [2.75, 3.05) is 32.7 Å². The molecule has 0 unspecified atom stereocenters. The normalized spacial score (nSPS) is 15.3. The molecule has 0 atom stereocenters. The molecule has 0 spiro atoms. The van der Waals surface area contributed by atoms with Crippen molar-refractivity contribution in [1.82, 2.24) is 19.4 Å². The number of imidazole rings is 1. The molecule has 1 aliphatic rings. The quantitative estimate of drug-likeness (QED) is 0.340. The molecular weight excluding hydrogens is 411 g/mol. The Balaban J connectivity index is 1.08. The summed E-state index contributed by atoms with van der Waals surface area (Å²) in [5.74, 6) is -0.189. The van der Waals surface area contributed by atoms with Crippen LogP contribution in [0.25, 0.3) is 22.2 Å². The van der Waals surface area contributed by atoms with E-state index in [0.717, 1.165) is 56.9 Å². The fourth-order valence-corrected chi connectivity index (χ4v) is 4.79. The van der Waals surface area contributed by atoms with Crippen LogP contribution in [0.5, 0.6) is 0 Å². The van der Waals surface area contributed by atoms with Crippen molar-refractivity contribution in [1.29, 1.82) is 0 Å². The second-order valence-electron chi connectivity index (χ2n) is 8.92. The molecule has 2 heterocycles. The van der Waals surface area contributed by atoms with Crippen LogP contribution < -0.4 is 0 Å². The SMILES string of the molecule is Fc1ccc(-c2ccccc2CN2CCN(CCCCn3cnc4ccccc43)CC2)cc1. The summed E-state index contributed by atoms with van der Waals surface area (Å²) in [4.78, 5) is 9.62. The molecule has 170 valence electrons. The number of piperazine rings is 1. The fraction of sp³-hybridized carbons (Fsp3) is 0.321. The molecule has 4 aromatic rings. The van der Waals surface area contributed by atoms with Crippen molar-refractivity contribution >= 4 is 11.0 Å². The van der Waals surface area contributed by atoms with Crippen molar-refractivity contribution in [3.05, 3.63) is 90.5 Å². The van der Waals surface area contributed by atoms with E-state index in [-0.39, 0.29) is 5.82 Å². The third-order valence-electron chi connectivity index (χ3n) is 6.68. The molecule has 3 aromatic carbocycles. The van der Waals surface area contributed by atoms with Gasteiger partial charge in [-0.05, 0) is 60.3 Å². The summed E-state index contributed by atoms with van der Waals surface area (Å²) in [5.41, 5.74) is 5.90. The van der Waals surface area contributed by atoms with Crippen molar-refractivity contribution in [2.24, 2.45) is 0 Å². The first-order chi connectivity index (χ1) is 16.3. The predicted octanol–water partition coefficient (Wildman–Crippen LogP) is 5.44. The summed E-state index contributed by atoms with van der Waals surface area (Å²) in [5, 5.41) is 0. The van der Waals surface area contributed by atoms with Crippen molar-refractivity contribution < 1.29 is 4.39 Å². The molecule has 5 heteroatoms. The number of benzene rings is 3. The maximum Gasteiger partial charge on any atom is 0.123 e. The van der Waals surface area contributed by atoms with Crippen LogP contribution >= 0.6 is 0 Å². The minimum absolute atomic E-state index is 0.189. The Morgan fingerprint density at radius 3 is 2.27 bits per heavy atom. The number of aromatic nitrogens is 2. The van der Waals surface area contributed by atoms with Gasteiger partial charge >= 0.3 is 0 Å². The number of rotatable bonds is 8. The Morgan fingerprint density at radius 2 is 1.42 bits per heavy atom. The Labute approximate surface area is 195 Å². The van der Waals surface area contributed by atoms with E-state index in [2.05, 4.69) is 61.8 Å². The number of aryl methyl sites for hydroxylation is 1. The third-order valence-corrected chi connectivity index (χ3v) is 6.68. The van der Waals surface area contributed by atoms with Gasteiger partial charge in [0.2, 0.25) is 0 Å². The zero-order valence-corrected chi connectivity index (χ0v) is 19.0. The van der Waals surface area contributed by atoms with Gasteiger partial charge in [-0.3, -0.25) is 4.90 Å². The number of hydrogen-bond acceptors (Lipinski definition) is 3. The number of para-hydroxylation sites is 2.